The van der Waals surface area contributed by atoms with Gasteiger partial charge in [0.1, 0.15) is 5.75 Å². The third kappa shape index (κ3) is 3.76. The number of methoxy groups -OCH3 is 1. The number of nitrogens with one attached hydrogen (secondary N) is 1. The first-order valence-electron chi connectivity index (χ1n) is 8.71. The SMILES string of the molecule is COc1cc2c(cc1C=O)C(=CC(=O)C1CCOCC1)NC(C)(C)C2. The number of hydrogen-bond donors (Lipinski definition) is 1. The number of rotatable bonds is 4. The van der Waals surface area contributed by atoms with E-state index in [2.05, 4.69) is 19.2 Å². The van der Waals surface area contributed by atoms with E-state index in [-0.39, 0.29) is 17.2 Å². The highest BCUT2D eigenvalue weighted by Gasteiger charge is 2.30. The van der Waals surface area contributed by atoms with Crippen LogP contribution in [-0.4, -0.2) is 37.9 Å². The Morgan fingerprint density at radius 2 is 2.04 bits per heavy atom. The molecular formula is C20H25NO4. The Kier molecular flexibility index (Phi) is 4.95. The van der Waals surface area contributed by atoms with Gasteiger partial charge < -0.3 is 14.8 Å². The van der Waals surface area contributed by atoms with E-state index >= 15 is 0 Å². The molecule has 0 atom stereocenters. The summed E-state index contributed by atoms with van der Waals surface area (Å²) in [6, 6.07) is 3.72. The van der Waals surface area contributed by atoms with E-state index in [4.69, 9.17) is 9.47 Å². The zero-order chi connectivity index (χ0) is 18.0. The number of carbonyl (C=O) groups excluding carboxylic acids is 2. The van der Waals surface area contributed by atoms with Crippen LogP contribution in [0.25, 0.3) is 5.70 Å². The Morgan fingerprint density at radius 1 is 1.32 bits per heavy atom. The number of benzene rings is 1. The Hall–Kier alpha value is -2.14. The van der Waals surface area contributed by atoms with Crippen LogP contribution in [0.4, 0.5) is 0 Å². The summed E-state index contributed by atoms with van der Waals surface area (Å²) in [4.78, 5) is 24.1. The highest BCUT2D eigenvalue weighted by molar-refractivity contribution is 5.99. The summed E-state index contributed by atoms with van der Waals surface area (Å²) in [7, 11) is 1.56. The van der Waals surface area contributed by atoms with E-state index in [1.807, 2.05) is 12.1 Å². The summed E-state index contributed by atoms with van der Waals surface area (Å²) in [5.74, 6) is 0.708. The molecule has 0 unspecified atom stereocenters. The zero-order valence-electron chi connectivity index (χ0n) is 15.1. The fourth-order valence-corrected chi connectivity index (χ4v) is 3.61. The summed E-state index contributed by atoms with van der Waals surface area (Å²) in [5, 5.41) is 3.46. The van der Waals surface area contributed by atoms with Gasteiger partial charge in [0.15, 0.2) is 12.1 Å². The molecule has 5 nitrogen and oxygen atoms in total. The molecular weight excluding hydrogens is 318 g/mol. The highest BCUT2D eigenvalue weighted by Crippen LogP contribution is 2.34. The van der Waals surface area contributed by atoms with Crippen LogP contribution in [0.5, 0.6) is 5.75 Å². The maximum absolute atomic E-state index is 12.7. The average molecular weight is 343 g/mol. The van der Waals surface area contributed by atoms with Gasteiger partial charge in [-0.15, -0.1) is 0 Å². The number of hydrogen-bond acceptors (Lipinski definition) is 5. The molecule has 2 aliphatic rings. The van der Waals surface area contributed by atoms with E-state index in [9.17, 15) is 9.59 Å². The molecule has 1 N–H and O–H groups in total. The summed E-state index contributed by atoms with van der Waals surface area (Å²) < 4.78 is 10.7. The molecule has 0 spiro atoms. The molecule has 1 saturated heterocycles. The molecule has 0 aromatic heterocycles. The Morgan fingerprint density at radius 3 is 2.68 bits per heavy atom. The summed E-state index contributed by atoms with van der Waals surface area (Å²) in [5.41, 5.74) is 3.09. The second-order valence-corrected chi connectivity index (χ2v) is 7.40. The molecule has 25 heavy (non-hydrogen) atoms. The third-order valence-electron chi connectivity index (χ3n) is 4.89. The van der Waals surface area contributed by atoms with Crippen molar-refractivity contribution in [3.8, 4) is 5.75 Å². The van der Waals surface area contributed by atoms with Crippen LogP contribution in [0.15, 0.2) is 18.2 Å². The van der Waals surface area contributed by atoms with Crippen LogP contribution in [-0.2, 0) is 16.0 Å². The van der Waals surface area contributed by atoms with Crippen molar-refractivity contribution in [2.75, 3.05) is 20.3 Å². The Labute approximate surface area is 148 Å². The van der Waals surface area contributed by atoms with Crippen molar-refractivity contribution < 1.29 is 19.1 Å². The van der Waals surface area contributed by atoms with Gasteiger partial charge in [-0.2, -0.15) is 0 Å². The van der Waals surface area contributed by atoms with Gasteiger partial charge in [-0.3, -0.25) is 9.59 Å². The van der Waals surface area contributed by atoms with E-state index in [0.29, 0.717) is 24.5 Å². The van der Waals surface area contributed by atoms with Gasteiger partial charge in [-0.1, -0.05) is 0 Å². The maximum atomic E-state index is 12.7. The molecule has 0 aliphatic carbocycles. The molecule has 1 fully saturated rings. The van der Waals surface area contributed by atoms with Crippen LogP contribution < -0.4 is 10.1 Å². The first-order valence-corrected chi connectivity index (χ1v) is 8.71. The van der Waals surface area contributed by atoms with E-state index in [1.54, 1.807) is 13.2 Å². The van der Waals surface area contributed by atoms with Gasteiger partial charge in [0.25, 0.3) is 0 Å². The lowest BCUT2D eigenvalue weighted by Crippen LogP contribution is -2.44. The van der Waals surface area contributed by atoms with Gasteiger partial charge in [0, 0.05) is 42.0 Å². The van der Waals surface area contributed by atoms with Crippen molar-refractivity contribution in [1.82, 2.24) is 5.32 Å². The van der Waals surface area contributed by atoms with Crippen molar-refractivity contribution in [3.63, 3.8) is 0 Å². The van der Waals surface area contributed by atoms with Crippen molar-refractivity contribution >= 4 is 17.8 Å². The first kappa shape index (κ1) is 17.7. The number of allylic oxidation sites excluding steroid dienone is 1. The van der Waals surface area contributed by atoms with E-state index in [1.165, 1.54) is 0 Å². The molecule has 1 aromatic rings. The smallest absolute Gasteiger partial charge is 0.161 e. The number of fused-ring (bicyclic) bond motifs is 1. The fourth-order valence-electron chi connectivity index (χ4n) is 3.61. The summed E-state index contributed by atoms with van der Waals surface area (Å²) in [6.45, 7) is 5.48. The standard InChI is InChI=1S/C20H25NO4/c1-20(2)11-14-9-19(24-3)15(12-22)8-16(14)17(21-20)10-18(23)13-4-6-25-7-5-13/h8-10,12-13,21H,4-7,11H2,1-3H3. The first-order chi connectivity index (χ1) is 11.9. The topological polar surface area (TPSA) is 64.6 Å². The van der Waals surface area contributed by atoms with Gasteiger partial charge in [-0.25, -0.2) is 0 Å². The molecule has 0 saturated carbocycles. The largest absolute Gasteiger partial charge is 0.496 e. The fraction of sp³-hybridized carbons (Fsp3) is 0.500. The quantitative estimate of drug-likeness (QED) is 0.673. The van der Waals surface area contributed by atoms with Crippen LogP contribution in [0, 0.1) is 5.92 Å². The predicted octanol–water partition coefficient (Wildman–Crippen LogP) is 2.77. The van der Waals surface area contributed by atoms with E-state index < -0.39 is 0 Å². The Balaban J connectivity index is 2.01. The zero-order valence-corrected chi connectivity index (χ0v) is 15.1. The lowest BCUT2D eigenvalue weighted by molar-refractivity contribution is -0.120. The Bertz CT molecular complexity index is 715. The van der Waals surface area contributed by atoms with Gasteiger partial charge in [0.2, 0.25) is 0 Å². The summed E-state index contributed by atoms with van der Waals surface area (Å²) >= 11 is 0. The minimum absolute atomic E-state index is 0.0142. The van der Waals surface area contributed by atoms with Crippen LogP contribution in [0.1, 0.15) is 48.2 Å². The van der Waals surface area contributed by atoms with Gasteiger partial charge in [0.05, 0.1) is 12.7 Å². The monoisotopic (exact) mass is 343 g/mol. The summed E-state index contributed by atoms with van der Waals surface area (Å²) in [6.07, 6.45) is 4.82. The van der Waals surface area contributed by atoms with E-state index in [0.717, 1.165) is 42.4 Å². The number of ether oxygens (including phenoxy) is 2. The van der Waals surface area contributed by atoms with Crippen LogP contribution in [0.3, 0.4) is 0 Å². The van der Waals surface area contributed by atoms with Gasteiger partial charge >= 0.3 is 0 Å². The molecule has 2 aliphatic heterocycles. The molecule has 0 amide bonds. The minimum Gasteiger partial charge on any atom is -0.496 e. The lowest BCUT2D eigenvalue weighted by Gasteiger charge is -2.36. The third-order valence-corrected chi connectivity index (χ3v) is 4.89. The van der Waals surface area contributed by atoms with Crippen LogP contribution in [0.2, 0.25) is 0 Å². The molecule has 5 heteroatoms. The van der Waals surface area contributed by atoms with Crippen molar-refractivity contribution in [2.45, 2.75) is 38.6 Å². The molecule has 1 aromatic carbocycles. The second kappa shape index (κ2) is 7.00. The van der Waals surface area contributed by atoms with Crippen molar-refractivity contribution in [2.24, 2.45) is 5.92 Å². The average Bonchev–Trinajstić information content (AvgIpc) is 2.60. The van der Waals surface area contributed by atoms with Gasteiger partial charge in [-0.05, 0) is 50.8 Å². The van der Waals surface area contributed by atoms with Crippen LogP contribution >= 0.6 is 0 Å². The predicted molar refractivity (Wildman–Crippen MR) is 95.8 cm³/mol. The molecule has 3 rings (SSSR count). The van der Waals surface area contributed by atoms with Crippen molar-refractivity contribution in [3.05, 3.63) is 34.9 Å². The number of aldehydes is 1. The molecule has 0 radical (unpaired) electrons. The number of ketones is 1. The number of carbonyl (C=O) groups is 2. The maximum Gasteiger partial charge on any atom is 0.161 e. The normalized spacial score (nSPS) is 21.3. The van der Waals surface area contributed by atoms with Crippen molar-refractivity contribution in [1.29, 1.82) is 0 Å². The minimum atomic E-state index is -0.178. The molecule has 134 valence electrons. The second-order valence-electron chi connectivity index (χ2n) is 7.40. The molecule has 2 heterocycles. The highest BCUT2D eigenvalue weighted by atomic mass is 16.5. The lowest BCUT2D eigenvalue weighted by atomic mass is 9.84. The molecule has 0 bridgehead atoms.